The minimum atomic E-state index is -0.187. The minimum Gasteiger partial charge on any atom is -0.346 e. The van der Waals surface area contributed by atoms with E-state index < -0.39 is 0 Å². The first-order chi connectivity index (χ1) is 15.1. The third-order valence-corrected chi connectivity index (χ3v) is 5.34. The highest BCUT2D eigenvalue weighted by molar-refractivity contribution is 5.98. The number of aryl methyl sites for hydroxylation is 1. The standard InChI is InChI=1S/C25H26N4O2/c1-19-7-4-8-20(15-19)18-28-13-6-14-29(25(28)31)23-11-5-9-21(16-23)24(30)27-17-22-10-2-3-12-26-22/h2-5,7-12,15-16H,6,13-14,17-18H2,1H3,(H,27,30). The van der Waals surface area contributed by atoms with Crippen molar-refractivity contribution in [2.75, 3.05) is 18.0 Å². The van der Waals surface area contributed by atoms with Gasteiger partial charge in [0.25, 0.3) is 5.91 Å². The number of pyridine rings is 1. The Morgan fingerprint density at radius 1 is 1.03 bits per heavy atom. The normalized spacial score (nSPS) is 13.9. The molecule has 158 valence electrons. The molecule has 6 nitrogen and oxygen atoms in total. The Balaban J connectivity index is 1.44. The molecule has 2 aromatic carbocycles. The van der Waals surface area contributed by atoms with E-state index in [-0.39, 0.29) is 11.9 Å². The Morgan fingerprint density at radius 2 is 1.90 bits per heavy atom. The van der Waals surface area contributed by atoms with Gasteiger partial charge >= 0.3 is 6.03 Å². The van der Waals surface area contributed by atoms with Gasteiger partial charge in [-0.1, -0.05) is 42.0 Å². The summed E-state index contributed by atoms with van der Waals surface area (Å²) in [6.45, 7) is 4.37. The van der Waals surface area contributed by atoms with Gasteiger partial charge in [0.1, 0.15) is 0 Å². The van der Waals surface area contributed by atoms with Crippen LogP contribution in [0.15, 0.2) is 72.9 Å². The van der Waals surface area contributed by atoms with Gasteiger partial charge in [0, 0.05) is 37.1 Å². The van der Waals surface area contributed by atoms with Gasteiger partial charge in [-0.2, -0.15) is 0 Å². The smallest absolute Gasteiger partial charge is 0.324 e. The van der Waals surface area contributed by atoms with Gasteiger partial charge in [-0.3, -0.25) is 14.7 Å². The Bertz CT molecular complexity index is 1070. The van der Waals surface area contributed by atoms with Crippen molar-refractivity contribution in [1.82, 2.24) is 15.2 Å². The Hall–Kier alpha value is -3.67. The van der Waals surface area contributed by atoms with Crippen molar-refractivity contribution >= 4 is 17.6 Å². The number of aromatic nitrogens is 1. The number of benzene rings is 2. The number of carbonyl (C=O) groups is 2. The van der Waals surface area contributed by atoms with E-state index in [1.165, 1.54) is 5.56 Å². The predicted molar refractivity (Wildman–Crippen MR) is 121 cm³/mol. The van der Waals surface area contributed by atoms with Crippen molar-refractivity contribution in [3.8, 4) is 0 Å². The molecule has 1 N–H and O–H groups in total. The summed E-state index contributed by atoms with van der Waals surface area (Å²) < 4.78 is 0. The number of nitrogens with one attached hydrogen (secondary N) is 1. The molecule has 0 radical (unpaired) electrons. The molecule has 1 saturated heterocycles. The first kappa shape index (κ1) is 20.6. The van der Waals surface area contributed by atoms with Gasteiger partial charge in [-0.25, -0.2) is 4.79 Å². The molecule has 0 aliphatic carbocycles. The summed E-state index contributed by atoms with van der Waals surface area (Å²) in [5, 5.41) is 2.89. The summed E-state index contributed by atoms with van der Waals surface area (Å²) >= 11 is 0. The maximum atomic E-state index is 13.2. The summed E-state index contributed by atoms with van der Waals surface area (Å²) in [7, 11) is 0. The van der Waals surface area contributed by atoms with Gasteiger partial charge < -0.3 is 10.2 Å². The zero-order valence-corrected chi connectivity index (χ0v) is 17.6. The van der Waals surface area contributed by atoms with Crippen molar-refractivity contribution in [2.24, 2.45) is 0 Å². The predicted octanol–water partition coefficient (Wildman–Crippen LogP) is 4.15. The van der Waals surface area contributed by atoms with Crippen LogP contribution >= 0.6 is 0 Å². The van der Waals surface area contributed by atoms with Crippen LogP contribution in [0.1, 0.15) is 33.6 Å². The van der Waals surface area contributed by atoms with E-state index in [4.69, 9.17) is 0 Å². The monoisotopic (exact) mass is 414 g/mol. The first-order valence-corrected chi connectivity index (χ1v) is 10.5. The molecule has 0 saturated carbocycles. The Kier molecular flexibility index (Phi) is 6.26. The molecule has 1 aromatic heterocycles. The fraction of sp³-hybridized carbons (Fsp3) is 0.240. The van der Waals surface area contributed by atoms with Crippen LogP contribution in [0.3, 0.4) is 0 Å². The lowest BCUT2D eigenvalue weighted by Crippen LogP contribution is -2.49. The quantitative estimate of drug-likeness (QED) is 0.659. The number of rotatable bonds is 6. The molecule has 3 amide bonds. The lowest BCUT2D eigenvalue weighted by Gasteiger charge is -2.36. The SMILES string of the molecule is Cc1cccc(CN2CCCN(c3cccc(C(=O)NCc4ccccn4)c3)C2=O)c1. The first-order valence-electron chi connectivity index (χ1n) is 10.5. The molecular formula is C25H26N4O2. The molecule has 1 fully saturated rings. The highest BCUT2D eigenvalue weighted by atomic mass is 16.2. The number of anilines is 1. The van der Waals surface area contributed by atoms with Crippen LogP contribution < -0.4 is 10.2 Å². The van der Waals surface area contributed by atoms with Crippen molar-refractivity contribution in [2.45, 2.75) is 26.4 Å². The van der Waals surface area contributed by atoms with Crippen LogP contribution in [-0.4, -0.2) is 34.9 Å². The fourth-order valence-electron chi connectivity index (χ4n) is 3.79. The third-order valence-electron chi connectivity index (χ3n) is 5.34. The maximum Gasteiger partial charge on any atom is 0.324 e. The van der Waals surface area contributed by atoms with Crippen LogP contribution in [0.5, 0.6) is 0 Å². The highest BCUT2D eigenvalue weighted by Crippen LogP contribution is 2.23. The molecule has 31 heavy (non-hydrogen) atoms. The molecule has 4 rings (SSSR count). The number of hydrogen-bond donors (Lipinski definition) is 1. The molecule has 0 spiro atoms. The number of amides is 3. The molecule has 0 unspecified atom stereocenters. The van der Waals surface area contributed by atoms with Gasteiger partial charge in [-0.05, 0) is 49.2 Å². The van der Waals surface area contributed by atoms with Crippen molar-refractivity contribution < 1.29 is 9.59 Å². The summed E-state index contributed by atoms with van der Waals surface area (Å²) in [4.78, 5) is 33.6. The van der Waals surface area contributed by atoms with Gasteiger partial charge in [0.2, 0.25) is 0 Å². The Labute approximate surface area is 182 Å². The van der Waals surface area contributed by atoms with Crippen LogP contribution in [0.2, 0.25) is 0 Å². The molecule has 1 aliphatic rings. The van der Waals surface area contributed by atoms with Crippen molar-refractivity contribution in [1.29, 1.82) is 0 Å². The number of urea groups is 1. The molecule has 2 heterocycles. The summed E-state index contributed by atoms with van der Waals surface area (Å²) in [5.41, 5.74) is 4.37. The minimum absolute atomic E-state index is 0.0289. The lowest BCUT2D eigenvalue weighted by atomic mass is 10.1. The highest BCUT2D eigenvalue weighted by Gasteiger charge is 2.27. The van der Waals surface area contributed by atoms with Crippen LogP contribution in [0.25, 0.3) is 0 Å². The molecule has 6 heteroatoms. The number of carbonyl (C=O) groups excluding carboxylic acids is 2. The van der Waals surface area contributed by atoms with Crippen LogP contribution in [0, 0.1) is 6.92 Å². The van der Waals surface area contributed by atoms with E-state index in [1.54, 1.807) is 23.2 Å². The largest absolute Gasteiger partial charge is 0.346 e. The third kappa shape index (κ3) is 5.09. The van der Waals surface area contributed by atoms with E-state index >= 15 is 0 Å². The second-order valence-electron chi connectivity index (χ2n) is 7.75. The van der Waals surface area contributed by atoms with Crippen LogP contribution in [-0.2, 0) is 13.1 Å². The van der Waals surface area contributed by atoms with Gasteiger partial charge in [-0.15, -0.1) is 0 Å². The van der Waals surface area contributed by atoms with Crippen molar-refractivity contribution in [3.63, 3.8) is 0 Å². The van der Waals surface area contributed by atoms with E-state index in [1.807, 2.05) is 47.4 Å². The topological polar surface area (TPSA) is 65.5 Å². The van der Waals surface area contributed by atoms with Crippen molar-refractivity contribution in [3.05, 3.63) is 95.3 Å². The molecule has 1 aliphatic heterocycles. The second kappa shape index (κ2) is 9.43. The van der Waals surface area contributed by atoms with E-state index in [2.05, 4.69) is 29.4 Å². The number of hydrogen-bond acceptors (Lipinski definition) is 3. The average Bonchev–Trinajstić information content (AvgIpc) is 2.80. The fourth-order valence-corrected chi connectivity index (χ4v) is 3.79. The molecule has 0 atom stereocenters. The number of nitrogens with zero attached hydrogens (tertiary/aromatic N) is 3. The van der Waals surface area contributed by atoms with Crippen LogP contribution in [0.4, 0.5) is 10.5 Å². The zero-order chi connectivity index (χ0) is 21.6. The maximum absolute atomic E-state index is 13.2. The lowest BCUT2D eigenvalue weighted by molar-refractivity contribution is 0.0950. The molecular weight excluding hydrogens is 388 g/mol. The Morgan fingerprint density at radius 3 is 2.71 bits per heavy atom. The second-order valence-corrected chi connectivity index (χ2v) is 7.75. The summed E-state index contributed by atoms with van der Waals surface area (Å²) in [6, 6.07) is 21.0. The van der Waals surface area contributed by atoms with Gasteiger partial charge in [0.15, 0.2) is 0 Å². The average molecular weight is 415 g/mol. The molecule has 0 bridgehead atoms. The van der Waals surface area contributed by atoms with E-state index in [9.17, 15) is 9.59 Å². The zero-order valence-electron chi connectivity index (χ0n) is 17.6. The summed E-state index contributed by atoms with van der Waals surface area (Å²) in [5.74, 6) is -0.187. The van der Waals surface area contributed by atoms with E-state index in [0.717, 1.165) is 29.9 Å². The van der Waals surface area contributed by atoms with E-state index in [0.29, 0.717) is 25.2 Å². The molecule has 3 aromatic rings. The van der Waals surface area contributed by atoms with Gasteiger partial charge in [0.05, 0.1) is 12.2 Å². The summed E-state index contributed by atoms with van der Waals surface area (Å²) in [6.07, 6.45) is 2.58.